The van der Waals surface area contributed by atoms with E-state index in [0.29, 0.717) is 35.8 Å². The maximum Gasteiger partial charge on any atom is 0.502 e. The fraction of sp³-hybridized carbons (Fsp3) is 0.392. The highest BCUT2D eigenvalue weighted by Crippen LogP contribution is 3.02. The first-order valence-corrected chi connectivity index (χ1v) is 41.9. The molecule has 0 unspecified atom stereocenters. The zero-order valence-electron chi connectivity index (χ0n) is 68.7. The number of halogens is 38. The van der Waals surface area contributed by atoms with Gasteiger partial charge in [0.2, 0.25) is 11.9 Å². The van der Waals surface area contributed by atoms with Crippen molar-refractivity contribution >= 4 is 41.7 Å². The van der Waals surface area contributed by atoms with Gasteiger partial charge in [-0.3, -0.25) is 0 Å². The SMILES string of the molecule is CC(C)c1c(F)c(F)c(S(=O)(=O)C(F)(F)F)c(F)c1F.CC(C)c1c(F)c(F)c(S(C)(=O)=O)c(F)c1F.CC(C)c1c(F)c(F)c(S(F)(F)(F)(F)F)c(F)c1F.CC(C)c1c(F)c(F)c(SC(F)(F)F)c(F)c1F.CC(C)c1cc(F)c(C#N)c(F)c1.CC(C)c1cc(F)c(F)c(F)c1.CC(C)c1cc(F)nc(F)c1.CCCCc1c(F)c(F)c(C(C)C)c(F)c1F. The van der Waals surface area contributed by atoms with Crippen LogP contribution in [-0.2, 0) is 26.1 Å². The number of hydrogen-bond donors (Lipinski definition) is 0. The Hall–Kier alpha value is -8.88. The Bertz CT molecular complexity index is 5360. The first-order chi connectivity index (χ1) is 57.1. The second-order valence-electron chi connectivity index (χ2n) is 29.0. The van der Waals surface area contributed by atoms with Crippen LogP contribution in [0.1, 0.15) is 234 Å². The average molecular weight is 1970 g/mol. The fourth-order valence-corrected chi connectivity index (χ4v) is 13.5. The number of alkyl halides is 6. The van der Waals surface area contributed by atoms with Crippen LogP contribution in [0.5, 0.6) is 0 Å². The minimum absolute atomic E-state index is 0.00500. The first-order valence-electron chi connectivity index (χ1n) is 35.8. The van der Waals surface area contributed by atoms with Crippen LogP contribution >= 0.6 is 22.0 Å². The predicted octanol–water partition coefficient (Wildman–Crippen LogP) is 30.8. The van der Waals surface area contributed by atoms with Crippen LogP contribution < -0.4 is 0 Å². The standard InChI is InChI=1S/C13H16F4.C10H7F7O2S.C10H7F7S.C10H10F4O2S.C10H9F2N.C9H7F9S.C9H9F3.C8H9F2N/c1-4-5-6-8-10(14)12(16)9(7(2)3)13(17)11(8)15;1-3(2)4-5(11)7(13)9(8(14)6(4)12)20(18,19)10(15,16)17;1-3(2)4-5(11)7(13)9(8(14)6(4)12)18-10(15,16)17;1-4(2)5-6(11)8(13)10(17(3,15)16)9(14)7(5)12;1-6(2)7-3-9(11)8(5-13)10(12)4-7;1-3(2)4-5(10)7(12)9(8(13)6(4)11)19(14,15,16,17)18;1-5(2)6-3-7(10)9(12)8(11)4-6;1-5(2)6-3-7(9)11-8(10)4-6/h7H,4-6H2,1-3H3;3H,1-2H3;3H,1-2H3;4H,1-3H3;3-4,6H,1-2H3;3H,1-2H3;3-5H,1-2H3;3-5H,1-2H3. The van der Waals surface area contributed by atoms with E-state index in [1.807, 2.05) is 34.6 Å². The molecule has 0 atom stereocenters. The van der Waals surface area contributed by atoms with Gasteiger partial charge in [0, 0.05) is 39.6 Å². The summed E-state index contributed by atoms with van der Waals surface area (Å²) < 4.78 is 535. The molecule has 0 aliphatic carbocycles. The predicted molar refractivity (Wildman–Crippen MR) is 394 cm³/mol. The molecule has 8 rings (SSSR count). The van der Waals surface area contributed by atoms with Gasteiger partial charge in [-0.05, 0) is 125 Å². The smallest absolute Gasteiger partial charge is 0.224 e. The largest absolute Gasteiger partial charge is 0.502 e. The van der Waals surface area contributed by atoms with Gasteiger partial charge < -0.3 is 0 Å². The molecule has 8 aromatic rings. The molecule has 0 spiro atoms. The monoisotopic (exact) mass is 1960 g/mol. The van der Waals surface area contributed by atoms with Gasteiger partial charge in [-0.2, -0.15) is 45.4 Å². The molecule has 1 heterocycles. The summed E-state index contributed by atoms with van der Waals surface area (Å²) in [5.74, 6) is -51.7. The van der Waals surface area contributed by atoms with Crippen LogP contribution in [0.2, 0.25) is 0 Å². The molecule has 6 nitrogen and oxygen atoms in total. The van der Waals surface area contributed by atoms with E-state index in [-0.39, 0.29) is 24.2 Å². The number of pyridine rings is 1. The normalized spacial score (nSPS) is 12.4. The summed E-state index contributed by atoms with van der Waals surface area (Å²) in [7, 11) is -21.8. The van der Waals surface area contributed by atoms with Crippen molar-refractivity contribution in [3.63, 3.8) is 0 Å². The zero-order valence-corrected chi connectivity index (χ0v) is 72.0. The van der Waals surface area contributed by atoms with E-state index < -0.39 is 298 Å². The maximum absolute atomic E-state index is 13.6. The van der Waals surface area contributed by atoms with E-state index >= 15 is 0 Å². The van der Waals surface area contributed by atoms with E-state index in [0.717, 1.165) is 39.8 Å². The van der Waals surface area contributed by atoms with Gasteiger partial charge in [0.1, 0.15) is 28.2 Å². The zero-order chi connectivity index (χ0) is 100. The second kappa shape index (κ2) is 44.2. The van der Waals surface area contributed by atoms with Crippen molar-refractivity contribution in [2.75, 3.05) is 6.26 Å². The number of hydrogen-bond acceptors (Lipinski definition) is 7. The molecule has 0 aliphatic rings. The van der Waals surface area contributed by atoms with Crippen molar-refractivity contribution < 1.29 is 181 Å². The lowest BCUT2D eigenvalue weighted by Gasteiger charge is -2.40. The van der Waals surface area contributed by atoms with Gasteiger partial charge in [-0.1, -0.05) is 144 Å². The molecule has 0 saturated carbocycles. The molecule has 7 aromatic carbocycles. The molecule has 1 aromatic heterocycles. The van der Waals surface area contributed by atoms with Gasteiger partial charge in [-0.25, -0.2) is 127 Å². The lowest BCUT2D eigenvalue weighted by Crippen LogP contribution is -2.27. The van der Waals surface area contributed by atoms with Crippen molar-refractivity contribution in [1.82, 2.24) is 4.98 Å². The average Bonchev–Trinajstić information content (AvgIpc) is 0.698. The van der Waals surface area contributed by atoms with Crippen LogP contribution in [0.3, 0.4) is 0 Å². The van der Waals surface area contributed by atoms with Gasteiger partial charge in [0.15, 0.2) is 153 Å². The number of unbranched alkanes of at least 4 members (excludes halogenated alkanes) is 1. The number of benzene rings is 7. The van der Waals surface area contributed by atoms with Crippen molar-refractivity contribution in [1.29, 1.82) is 5.26 Å². The summed E-state index contributed by atoms with van der Waals surface area (Å²) in [6, 6.07) is 8.40. The van der Waals surface area contributed by atoms with Crippen LogP contribution in [-0.4, -0.2) is 39.1 Å². The topological polar surface area (TPSA) is 105 Å². The molecular weight excluding hydrogens is 1890 g/mol. The van der Waals surface area contributed by atoms with Gasteiger partial charge in [0.05, 0.1) is 4.90 Å². The number of thioether (sulfide) groups is 1. The van der Waals surface area contributed by atoms with Crippen molar-refractivity contribution in [3.8, 4) is 6.07 Å². The molecule has 0 N–H and O–H groups in total. The molecular formula is C79H74F38N2O4S4. The molecule has 0 saturated heterocycles. The highest BCUT2D eigenvalue weighted by atomic mass is 32.5. The summed E-state index contributed by atoms with van der Waals surface area (Å²) in [6.45, 7) is 25.3. The number of sulfone groups is 2. The molecule has 0 bridgehead atoms. The lowest BCUT2D eigenvalue weighted by atomic mass is 9.97. The summed E-state index contributed by atoms with van der Waals surface area (Å²) in [5, 5.41) is 8.40. The highest BCUT2D eigenvalue weighted by molar-refractivity contribution is 8.45. The van der Waals surface area contributed by atoms with Crippen LogP contribution in [0, 0.1) is 169 Å². The quantitative estimate of drug-likeness (QED) is 0.0331. The Balaban J connectivity index is 0.000000730. The van der Waals surface area contributed by atoms with Crippen molar-refractivity contribution in [3.05, 3.63) is 249 Å². The van der Waals surface area contributed by atoms with E-state index in [9.17, 15) is 181 Å². The molecule has 0 radical (unpaired) electrons. The van der Waals surface area contributed by atoms with Crippen molar-refractivity contribution in [2.45, 2.75) is 215 Å². The molecule has 0 fully saturated rings. The summed E-state index contributed by atoms with van der Waals surface area (Å²) >= 11 is -1.23. The van der Waals surface area contributed by atoms with E-state index in [2.05, 4.69) is 4.98 Å². The molecule has 0 aliphatic heterocycles. The summed E-state index contributed by atoms with van der Waals surface area (Å²) in [6.07, 6.45) is 1.69. The van der Waals surface area contributed by atoms with Gasteiger partial charge in [0.25, 0.3) is 9.84 Å². The lowest BCUT2D eigenvalue weighted by molar-refractivity contribution is -0.0441. The Morgan fingerprint density at radius 1 is 0.354 bits per heavy atom. The van der Waals surface area contributed by atoms with Crippen molar-refractivity contribution in [2.24, 2.45) is 0 Å². The van der Waals surface area contributed by atoms with Gasteiger partial charge in [-0.15, -0.1) is 0 Å². The van der Waals surface area contributed by atoms with E-state index in [1.165, 1.54) is 71.9 Å². The molecule has 714 valence electrons. The van der Waals surface area contributed by atoms with Gasteiger partial charge >= 0.3 is 21.2 Å². The number of rotatable bonds is 15. The third kappa shape index (κ3) is 29.6. The minimum atomic E-state index is -10.9. The van der Waals surface area contributed by atoms with Crippen LogP contribution in [0.15, 0.2) is 56.0 Å². The molecule has 48 heteroatoms. The third-order valence-electron chi connectivity index (χ3n) is 16.6. The van der Waals surface area contributed by atoms with E-state index in [4.69, 9.17) is 5.26 Å². The summed E-state index contributed by atoms with van der Waals surface area (Å²) in [4.78, 5) is -6.78. The Kier molecular flexibility index (Phi) is 40.4. The van der Waals surface area contributed by atoms with Crippen LogP contribution in [0.25, 0.3) is 0 Å². The Morgan fingerprint density at radius 2 is 0.606 bits per heavy atom. The molecule has 0 amide bonds. The molecule has 127 heavy (non-hydrogen) atoms. The van der Waals surface area contributed by atoms with E-state index in [1.54, 1.807) is 13.8 Å². The number of aromatic nitrogens is 1. The highest BCUT2D eigenvalue weighted by Gasteiger charge is 2.70. The number of nitrogens with zero attached hydrogens (tertiary/aromatic N) is 2. The fourth-order valence-electron chi connectivity index (χ4n) is 10.3. The Labute approximate surface area is 706 Å². The number of nitriles is 1. The van der Waals surface area contributed by atoms with Crippen LogP contribution in [0.4, 0.5) is 164 Å². The maximum atomic E-state index is 13.6. The third-order valence-corrected chi connectivity index (χ3v) is 21.1. The summed E-state index contributed by atoms with van der Waals surface area (Å²) in [5.41, 5.74) is -15.2. The minimum Gasteiger partial charge on any atom is -0.224 e. The second-order valence-corrected chi connectivity index (χ2v) is 36.3. The first kappa shape index (κ1) is 116. The Morgan fingerprint density at radius 3 is 0.843 bits per heavy atom.